The van der Waals surface area contributed by atoms with Gasteiger partial charge in [0.05, 0.1) is 0 Å². The highest BCUT2D eigenvalue weighted by atomic mass is 19.2. The highest BCUT2D eigenvalue weighted by Gasteiger charge is 2.03. The van der Waals surface area contributed by atoms with Gasteiger partial charge in [0, 0.05) is 6.54 Å². The summed E-state index contributed by atoms with van der Waals surface area (Å²) in [5.41, 5.74) is 0.396. The van der Waals surface area contributed by atoms with Crippen LogP contribution < -0.4 is 5.32 Å². The lowest BCUT2D eigenvalue weighted by atomic mass is 10.2. The van der Waals surface area contributed by atoms with Crippen LogP contribution in [0.4, 0.5) is 8.78 Å². The van der Waals surface area contributed by atoms with Crippen LogP contribution >= 0.6 is 0 Å². The van der Waals surface area contributed by atoms with Crippen molar-refractivity contribution in [2.45, 2.75) is 6.54 Å². The molecule has 3 nitrogen and oxygen atoms in total. The zero-order valence-corrected chi connectivity index (χ0v) is 7.05. The van der Waals surface area contributed by atoms with Crippen LogP contribution in [0.2, 0.25) is 0 Å². The number of nitrogens with one attached hydrogen (secondary N) is 1. The fourth-order valence-corrected chi connectivity index (χ4v) is 0.871. The van der Waals surface area contributed by atoms with Crippen molar-refractivity contribution < 1.29 is 13.6 Å². The standard InChI is InChI=1S/C9H6F2N2O/c10-7-2-1-6(3-8(7)11)5-13-9(14)4-12/h1-3H,5H2,(H,13,14). The summed E-state index contributed by atoms with van der Waals surface area (Å²) in [6, 6.07) is 4.60. The lowest BCUT2D eigenvalue weighted by Crippen LogP contribution is -2.20. The topological polar surface area (TPSA) is 52.9 Å². The van der Waals surface area contributed by atoms with Crippen molar-refractivity contribution in [1.82, 2.24) is 5.32 Å². The molecule has 0 atom stereocenters. The lowest BCUT2D eigenvalue weighted by Gasteiger charge is -2.01. The molecule has 0 aliphatic heterocycles. The third-order valence-electron chi connectivity index (χ3n) is 1.54. The molecule has 14 heavy (non-hydrogen) atoms. The van der Waals surface area contributed by atoms with Crippen molar-refractivity contribution in [1.29, 1.82) is 5.26 Å². The molecule has 0 unspecified atom stereocenters. The molecule has 1 aromatic rings. The van der Waals surface area contributed by atoms with Crippen molar-refractivity contribution >= 4 is 5.91 Å². The minimum Gasteiger partial charge on any atom is -0.339 e. The molecule has 0 radical (unpaired) electrons. The van der Waals surface area contributed by atoms with Gasteiger partial charge in [-0.3, -0.25) is 4.79 Å². The third-order valence-corrected chi connectivity index (χ3v) is 1.54. The minimum absolute atomic E-state index is 0.00356. The predicted molar refractivity (Wildman–Crippen MR) is 43.8 cm³/mol. The van der Waals surface area contributed by atoms with Crippen LogP contribution in [0.25, 0.3) is 0 Å². The molecule has 0 saturated carbocycles. The van der Waals surface area contributed by atoms with E-state index in [1.165, 1.54) is 12.1 Å². The van der Waals surface area contributed by atoms with Crippen molar-refractivity contribution in [3.8, 4) is 6.07 Å². The maximum atomic E-state index is 12.6. The van der Waals surface area contributed by atoms with Crippen molar-refractivity contribution in [3.05, 3.63) is 35.4 Å². The largest absolute Gasteiger partial charge is 0.339 e. The molecule has 72 valence electrons. The van der Waals surface area contributed by atoms with Crippen molar-refractivity contribution in [3.63, 3.8) is 0 Å². The van der Waals surface area contributed by atoms with Gasteiger partial charge in [-0.15, -0.1) is 0 Å². The number of nitriles is 1. The average Bonchev–Trinajstić information content (AvgIpc) is 2.19. The van der Waals surface area contributed by atoms with Crippen LogP contribution in [-0.4, -0.2) is 5.91 Å². The number of carbonyl (C=O) groups excluding carboxylic acids is 1. The average molecular weight is 196 g/mol. The zero-order chi connectivity index (χ0) is 10.6. The maximum Gasteiger partial charge on any atom is 0.322 e. The molecule has 1 rings (SSSR count). The summed E-state index contributed by atoms with van der Waals surface area (Å²) in [4.78, 5) is 10.5. The second kappa shape index (κ2) is 4.33. The molecular formula is C9H6F2N2O. The van der Waals surface area contributed by atoms with Gasteiger partial charge in [0.25, 0.3) is 0 Å². The third kappa shape index (κ3) is 2.52. The molecule has 0 aliphatic carbocycles. The number of hydrogen-bond donors (Lipinski definition) is 1. The zero-order valence-electron chi connectivity index (χ0n) is 7.05. The molecule has 0 fully saturated rings. The smallest absolute Gasteiger partial charge is 0.322 e. The van der Waals surface area contributed by atoms with E-state index >= 15 is 0 Å². The van der Waals surface area contributed by atoms with E-state index in [-0.39, 0.29) is 6.54 Å². The van der Waals surface area contributed by atoms with E-state index < -0.39 is 17.5 Å². The van der Waals surface area contributed by atoms with Gasteiger partial charge in [-0.2, -0.15) is 5.26 Å². The summed E-state index contributed by atoms with van der Waals surface area (Å²) >= 11 is 0. The van der Waals surface area contributed by atoms with Crippen LogP contribution in [-0.2, 0) is 11.3 Å². The van der Waals surface area contributed by atoms with Gasteiger partial charge in [-0.1, -0.05) is 6.07 Å². The molecular weight excluding hydrogens is 190 g/mol. The molecule has 0 saturated heterocycles. The van der Waals surface area contributed by atoms with E-state index in [0.717, 1.165) is 12.1 Å². The first-order valence-electron chi connectivity index (χ1n) is 3.75. The van der Waals surface area contributed by atoms with E-state index in [2.05, 4.69) is 5.32 Å². The first-order chi connectivity index (χ1) is 6.63. The maximum absolute atomic E-state index is 12.6. The number of hydrogen-bond acceptors (Lipinski definition) is 2. The van der Waals surface area contributed by atoms with Crippen LogP contribution in [0.5, 0.6) is 0 Å². The Bertz CT molecular complexity index is 398. The van der Waals surface area contributed by atoms with E-state index in [1.54, 1.807) is 0 Å². The van der Waals surface area contributed by atoms with Crippen LogP contribution in [0.15, 0.2) is 18.2 Å². The molecule has 1 amide bonds. The second-order valence-electron chi connectivity index (χ2n) is 2.54. The molecule has 0 bridgehead atoms. The van der Waals surface area contributed by atoms with Gasteiger partial charge in [0.2, 0.25) is 0 Å². The van der Waals surface area contributed by atoms with Gasteiger partial charge in [-0.05, 0) is 17.7 Å². The Balaban J connectivity index is 2.65. The summed E-state index contributed by atoms with van der Waals surface area (Å²) in [5, 5.41) is 10.3. The SMILES string of the molecule is N#CC(=O)NCc1ccc(F)c(F)c1. The fraction of sp³-hybridized carbons (Fsp3) is 0.111. The van der Waals surface area contributed by atoms with E-state index in [4.69, 9.17) is 5.26 Å². The molecule has 0 aliphatic rings. The fourth-order valence-electron chi connectivity index (χ4n) is 0.871. The Morgan fingerprint density at radius 2 is 2.14 bits per heavy atom. The first-order valence-corrected chi connectivity index (χ1v) is 3.75. The molecule has 1 N–H and O–H groups in total. The summed E-state index contributed by atoms with van der Waals surface area (Å²) in [5.74, 6) is -2.73. The number of rotatable bonds is 2. The minimum atomic E-state index is -0.978. The number of benzene rings is 1. The second-order valence-corrected chi connectivity index (χ2v) is 2.54. The van der Waals surface area contributed by atoms with Gasteiger partial charge < -0.3 is 5.32 Å². The normalized spacial score (nSPS) is 9.21. The van der Waals surface area contributed by atoms with E-state index in [0.29, 0.717) is 5.56 Å². The molecule has 1 aromatic carbocycles. The van der Waals surface area contributed by atoms with Gasteiger partial charge in [0.1, 0.15) is 0 Å². The van der Waals surface area contributed by atoms with Crippen LogP contribution in [0.1, 0.15) is 5.56 Å². The predicted octanol–water partition coefficient (Wildman–Crippen LogP) is 1.10. The molecule has 0 aromatic heterocycles. The molecule has 0 spiro atoms. The highest BCUT2D eigenvalue weighted by molar-refractivity contribution is 5.91. The van der Waals surface area contributed by atoms with E-state index in [9.17, 15) is 13.6 Å². The molecule has 0 heterocycles. The van der Waals surface area contributed by atoms with Crippen LogP contribution in [0.3, 0.4) is 0 Å². The number of carbonyl (C=O) groups is 1. The van der Waals surface area contributed by atoms with Crippen LogP contribution in [0, 0.1) is 23.0 Å². The summed E-state index contributed by atoms with van der Waals surface area (Å²) in [6.45, 7) is 0.00356. The first kappa shape index (κ1) is 10.1. The summed E-state index contributed by atoms with van der Waals surface area (Å²) in [7, 11) is 0. The highest BCUT2D eigenvalue weighted by Crippen LogP contribution is 2.08. The summed E-state index contributed by atoms with van der Waals surface area (Å²) < 4.78 is 25.1. The molecule has 5 heteroatoms. The van der Waals surface area contributed by atoms with Crippen molar-refractivity contribution in [2.24, 2.45) is 0 Å². The van der Waals surface area contributed by atoms with Crippen molar-refractivity contribution in [2.75, 3.05) is 0 Å². The lowest BCUT2D eigenvalue weighted by molar-refractivity contribution is -0.116. The van der Waals surface area contributed by atoms with Gasteiger partial charge in [-0.25, -0.2) is 8.78 Å². The Morgan fingerprint density at radius 1 is 1.43 bits per heavy atom. The number of halogens is 2. The number of amides is 1. The Hall–Kier alpha value is -1.96. The summed E-state index contributed by atoms with van der Waals surface area (Å²) in [6.07, 6.45) is 0. The van der Waals surface area contributed by atoms with Gasteiger partial charge in [0.15, 0.2) is 17.7 Å². The Kier molecular flexibility index (Phi) is 3.13. The Morgan fingerprint density at radius 3 is 2.71 bits per heavy atom. The van der Waals surface area contributed by atoms with E-state index in [1.807, 2.05) is 0 Å². The number of nitrogens with zero attached hydrogens (tertiary/aromatic N) is 1. The quantitative estimate of drug-likeness (QED) is 0.720. The van der Waals surface area contributed by atoms with Gasteiger partial charge >= 0.3 is 5.91 Å². The monoisotopic (exact) mass is 196 g/mol. The Labute approximate surface area is 79.0 Å².